The van der Waals surface area contributed by atoms with Gasteiger partial charge in [-0.25, -0.2) is 9.59 Å². The van der Waals surface area contributed by atoms with Crippen LogP contribution in [-0.4, -0.2) is 63.8 Å². The number of aliphatic hydroxyl groups excluding tert-OH is 2. The van der Waals surface area contributed by atoms with E-state index in [9.17, 15) is 54.0 Å². The number of rotatable bonds is 10. The Morgan fingerprint density at radius 1 is 0.674 bits per heavy atom. The second kappa shape index (κ2) is 16.6. The molecule has 0 amide bonds. The average molecular weight is 696 g/mol. The number of allylic oxidation sites excluding steroid dienone is 2. The van der Waals surface area contributed by atoms with Gasteiger partial charge in [0.05, 0.1) is 23.0 Å². The maximum absolute atomic E-state index is 12.9. The number of hydrogen-bond acceptors (Lipinski definition) is 12. The Kier molecular flexibility index (Phi) is 15.1. The molecule has 0 aliphatic carbocycles. The molecule has 0 fully saturated rings. The van der Waals surface area contributed by atoms with Crippen molar-refractivity contribution in [2.75, 3.05) is 13.2 Å². The normalized spacial score (nSPS) is 12.2. The Labute approximate surface area is 256 Å². The topological polar surface area (TPSA) is 195 Å². The first kappa shape index (κ1) is 39.1. The molecular formula is C26H26CuF2O12S2. The Hall–Kier alpha value is -3.92. The van der Waals surface area contributed by atoms with E-state index in [2.05, 4.69) is 9.47 Å². The van der Waals surface area contributed by atoms with Gasteiger partial charge < -0.3 is 19.7 Å². The van der Waals surface area contributed by atoms with Crippen molar-refractivity contribution in [3.63, 3.8) is 0 Å². The fourth-order valence-corrected chi connectivity index (χ4v) is 4.10. The first-order valence-electron chi connectivity index (χ1n) is 11.7. The third kappa shape index (κ3) is 11.4. The molecule has 0 unspecified atom stereocenters. The van der Waals surface area contributed by atoms with E-state index >= 15 is 0 Å². The summed E-state index contributed by atoms with van der Waals surface area (Å²) >= 11 is 0. The van der Waals surface area contributed by atoms with E-state index in [4.69, 9.17) is 0 Å². The van der Waals surface area contributed by atoms with Crippen LogP contribution < -0.4 is 0 Å². The van der Waals surface area contributed by atoms with Crippen LogP contribution in [0.2, 0.25) is 0 Å². The summed E-state index contributed by atoms with van der Waals surface area (Å²) in [5.41, 5.74) is -1.79. The molecule has 43 heavy (non-hydrogen) atoms. The molecule has 0 aromatic heterocycles. The molecule has 0 saturated carbocycles. The van der Waals surface area contributed by atoms with Gasteiger partial charge in [0, 0.05) is 28.2 Å². The minimum atomic E-state index is -4.98. The van der Waals surface area contributed by atoms with Gasteiger partial charge in [0.2, 0.25) is 11.6 Å². The van der Waals surface area contributed by atoms with Crippen LogP contribution in [0.25, 0.3) is 0 Å². The standard InChI is InChI=1S/2C13H13FO6S.Cu/c2*1-3-20-13(17)11(8(2)15)12(16)9-5-4-6-10(7-9)21(14,18)19;/h2*4-7,15H,3H2,1-2H3;/b2*11-8+;. The minimum absolute atomic E-state index is 0. The Bertz CT molecular complexity index is 1530. The molecular weight excluding hydrogens is 670 g/mol. The predicted molar refractivity (Wildman–Crippen MR) is 142 cm³/mol. The van der Waals surface area contributed by atoms with Crippen molar-refractivity contribution in [1.29, 1.82) is 0 Å². The van der Waals surface area contributed by atoms with Gasteiger partial charge in [-0.05, 0) is 52.0 Å². The molecule has 0 bridgehead atoms. The molecule has 2 aromatic carbocycles. The SMILES string of the molecule is CCOC(=O)/C(C(=O)c1cccc(S(=O)(=O)F)c1)=C(\C)O.CCOC(=O)/C(C(=O)c1cccc(S(=O)(=O)F)c1)=C(\C)O.[Cu]. The van der Waals surface area contributed by atoms with E-state index in [0.29, 0.717) is 0 Å². The Morgan fingerprint density at radius 3 is 1.21 bits per heavy atom. The number of carbonyl (C=O) groups is 4. The maximum atomic E-state index is 12.9. The number of aliphatic hydroxyl groups is 2. The monoisotopic (exact) mass is 695 g/mol. The van der Waals surface area contributed by atoms with Crippen LogP contribution in [0.15, 0.2) is 81.0 Å². The second-order valence-corrected chi connectivity index (χ2v) is 10.6. The van der Waals surface area contributed by atoms with Gasteiger partial charge in [0.15, 0.2) is 0 Å². The first-order chi connectivity index (χ1) is 19.4. The van der Waals surface area contributed by atoms with Crippen molar-refractivity contribution in [1.82, 2.24) is 0 Å². The summed E-state index contributed by atoms with van der Waals surface area (Å²) in [6.07, 6.45) is 0. The first-order valence-corrected chi connectivity index (χ1v) is 14.5. The molecule has 12 nitrogen and oxygen atoms in total. The van der Waals surface area contributed by atoms with E-state index in [0.717, 1.165) is 50.2 Å². The van der Waals surface area contributed by atoms with Crippen LogP contribution in [0.3, 0.4) is 0 Å². The van der Waals surface area contributed by atoms with Crippen LogP contribution in [-0.2, 0) is 56.6 Å². The summed E-state index contributed by atoms with van der Waals surface area (Å²) in [6, 6.07) is 8.17. The summed E-state index contributed by atoms with van der Waals surface area (Å²) in [5.74, 6) is -5.16. The number of Topliss-reactive ketones (excluding diaryl/α,β-unsaturated/α-hetero) is 2. The zero-order valence-corrected chi connectivity index (χ0v) is 25.5. The molecule has 0 atom stereocenters. The van der Waals surface area contributed by atoms with Gasteiger partial charge in [0.1, 0.15) is 22.7 Å². The van der Waals surface area contributed by atoms with Gasteiger partial charge in [-0.2, -0.15) is 16.8 Å². The van der Waals surface area contributed by atoms with E-state index in [1.165, 1.54) is 26.0 Å². The molecule has 0 saturated heterocycles. The molecule has 17 heteroatoms. The third-order valence-corrected chi connectivity index (χ3v) is 6.53. The fourth-order valence-electron chi connectivity index (χ4n) is 3.08. The van der Waals surface area contributed by atoms with Crippen molar-refractivity contribution < 1.29 is 80.5 Å². The van der Waals surface area contributed by atoms with Crippen LogP contribution in [0.4, 0.5) is 7.77 Å². The molecule has 0 heterocycles. The van der Waals surface area contributed by atoms with E-state index in [1.807, 2.05) is 0 Å². The van der Waals surface area contributed by atoms with Crippen LogP contribution in [0.1, 0.15) is 48.4 Å². The van der Waals surface area contributed by atoms with Crippen LogP contribution in [0, 0.1) is 0 Å². The Balaban J connectivity index is 0.000000802. The summed E-state index contributed by atoms with van der Waals surface area (Å²) < 4.78 is 78.4. The number of esters is 2. The Morgan fingerprint density at radius 2 is 0.977 bits per heavy atom. The molecule has 0 spiro atoms. The molecule has 2 N–H and O–H groups in total. The minimum Gasteiger partial charge on any atom is -0.512 e. The maximum Gasteiger partial charge on any atom is 0.345 e. The van der Waals surface area contributed by atoms with E-state index in [1.54, 1.807) is 0 Å². The summed E-state index contributed by atoms with van der Waals surface area (Å²) in [6.45, 7) is 5.23. The number of halogens is 2. The van der Waals surface area contributed by atoms with E-state index in [-0.39, 0.29) is 41.4 Å². The number of ether oxygens (including phenoxy) is 2. The molecule has 2 aromatic rings. The zero-order valence-electron chi connectivity index (χ0n) is 22.9. The number of ketones is 2. The zero-order chi connectivity index (χ0) is 32.4. The summed E-state index contributed by atoms with van der Waals surface area (Å²) in [7, 11) is -9.96. The number of hydrogen-bond donors (Lipinski definition) is 2. The van der Waals surface area contributed by atoms with Crippen molar-refractivity contribution in [3.8, 4) is 0 Å². The predicted octanol–water partition coefficient (Wildman–Crippen LogP) is 3.84. The van der Waals surface area contributed by atoms with Crippen molar-refractivity contribution >= 4 is 44.0 Å². The molecule has 0 aliphatic heterocycles. The average Bonchev–Trinajstić information content (AvgIpc) is 2.88. The quantitative estimate of drug-likeness (QED) is 0.0533. The third-order valence-electron chi connectivity index (χ3n) is 4.89. The van der Waals surface area contributed by atoms with Crippen LogP contribution >= 0.6 is 0 Å². The van der Waals surface area contributed by atoms with Gasteiger partial charge in [-0.15, -0.1) is 7.77 Å². The van der Waals surface area contributed by atoms with Gasteiger partial charge >= 0.3 is 32.4 Å². The molecule has 2 rings (SSSR count). The second-order valence-electron chi connectivity index (χ2n) is 7.95. The van der Waals surface area contributed by atoms with Crippen molar-refractivity contribution in [2.45, 2.75) is 37.5 Å². The fraction of sp³-hybridized carbons (Fsp3) is 0.231. The molecule has 0 aliphatic rings. The van der Waals surface area contributed by atoms with Gasteiger partial charge in [0.25, 0.3) is 0 Å². The van der Waals surface area contributed by atoms with Crippen LogP contribution in [0.5, 0.6) is 0 Å². The molecule has 1 radical (unpaired) electrons. The van der Waals surface area contributed by atoms with Crippen molar-refractivity contribution in [3.05, 3.63) is 82.3 Å². The summed E-state index contributed by atoms with van der Waals surface area (Å²) in [5, 5.41) is 18.9. The number of carbonyl (C=O) groups excluding carboxylic acids is 4. The number of benzene rings is 2. The largest absolute Gasteiger partial charge is 0.512 e. The molecule has 239 valence electrons. The smallest absolute Gasteiger partial charge is 0.345 e. The van der Waals surface area contributed by atoms with Crippen molar-refractivity contribution in [2.24, 2.45) is 0 Å². The van der Waals surface area contributed by atoms with Gasteiger partial charge in [-0.1, -0.05) is 24.3 Å². The van der Waals surface area contributed by atoms with Gasteiger partial charge in [-0.3, -0.25) is 9.59 Å². The summed E-state index contributed by atoms with van der Waals surface area (Å²) in [4.78, 5) is 46.1. The van der Waals surface area contributed by atoms with E-state index < -0.39 is 76.4 Å².